The Labute approximate surface area is 116 Å². The van der Waals surface area contributed by atoms with E-state index in [4.69, 9.17) is 37.8 Å². The van der Waals surface area contributed by atoms with E-state index in [9.17, 15) is 8.42 Å². The molecule has 0 radical (unpaired) electrons. The molecule has 0 atom stereocenters. The molecule has 0 amide bonds. The lowest BCUT2D eigenvalue weighted by atomic mass is 10.3. The standard InChI is InChI=1S/C10H13Cl2NO4S/c1-2-16-3-4-17-9-5-8(12)10(6-7(9)11)18(13,14)15/h5-6H,2-4H2,1H3,(H2,13,14,15). The first-order valence-electron chi connectivity index (χ1n) is 5.08. The Morgan fingerprint density at radius 3 is 2.44 bits per heavy atom. The zero-order chi connectivity index (χ0) is 13.8. The van der Waals surface area contributed by atoms with Crippen molar-refractivity contribution < 1.29 is 17.9 Å². The molecule has 2 N–H and O–H groups in total. The molecule has 0 fully saturated rings. The van der Waals surface area contributed by atoms with Crippen molar-refractivity contribution >= 4 is 33.2 Å². The van der Waals surface area contributed by atoms with Gasteiger partial charge in [0.15, 0.2) is 0 Å². The minimum Gasteiger partial charge on any atom is -0.490 e. The van der Waals surface area contributed by atoms with E-state index in [0.29, 0.717) is 19.8 Å². The molecule has 0 aliphatic rings. The molecule has 0 aliphatic heterocycles. The van der Waals surface area contributed by atoms with Gasteiger partial charge in [0.05, 0.1) is 16.7 Å². The molecule has 0 spiro atoms. The van der Waals surface area contributed by atoms with Gasteiger partial charge in [0.2, 0.25) is 10.0 Å². The topological polar surface area (TPSA) is 78.6 Å². The van der Waals surface area contributed by atoms with E-state index >= 15 is 0 Å². The van der Waals surface area contributed by atoms with Crippen LogP contribution in [0.3, 0.4) is 0 Å². The maximum Gasteiger partial charge on any atom is 0.239 e. The van der Waals surface area contributed by atoms with Crippen LogP contribution in [0.5, 0.6) is 5.75 Å². The summed E-state index contributed by atoms with van der Waals surface area (Å²) in [5.74, 6) is 0.286. The molecule has 0 saturated heterocycles. The van der Waals surface area contributed by atoms with Crippen LogP contribution in [0.25, 0.3) is 0 Å². The third kappa shape index (κ3) is 4.29. The predicted molar refractivity (Wildman–Crippen MR) is 69.8 cm³/mol. The van der Waals surface area contributed by atoms with Crippen molar-refractivity contribution in [3.05, 3.63) is 22.2 Å². The van der Waals surface area contributed by atoms with Gasteiger partial charge in [-0.25, -0.2) is 13.6 Å². The van der Waals surface area contributed by atoms with Crippen molar-refractivity contribution in [3.8, 4) is 5.75 Å². The zero-order valence-electron chi connectivity index (χ0n) is 9.65. The van der Waals surface area contributed by atoms with Gasteiger partial charge in [0, 0.05) is 12.7 Å². The number of hydrogen-bond donors (Lipinski definition) is 1. The Morgan fingerprint density at radius 2 is 1.89 bits per heavy atom. The summed E-state index contributed by atoms with van der Waals surface area (Å²) in [4.78, 5) is -0.230. The van der Waals surface area contributed by atoms with Gasteiger partial charge in [-0.2, -0.15) is 0 Å². The zero-order valence-corrected chi connectivity index (χ0v) is 12.0. The van der Waals surface area contributed by atoms with E-state index in [1.54, 1.807) is 0 Å². The fourth-order valence-corrected chi connectivity index (χ4v) is 2.57. The summed E-state index contributed by atoms with van der Waals surface area (Å²) in [6.45, 7) is 3.15. The number of nitrogens with two attached hydrogens (primary N) is 1. The quantitative estimate of drug-likeness (QED) is 0.815. The molecule has 8 heteroatoms. The summed E-state index contributed by atoms with van der Waals surface area (Å²) in [7, 11) is -3.90. The lowest BCUT2D eigenvalue weighted by molar-refractivity contribution is 0.110. The first-order chi connectivity index (χ1) is 8.36. The van der Waals surface area contributed by atoms with E-state index in [1.165, 1.54) is 6.07 Å². The summed E-state index contributed by atoms with van der Waals surface area (Å²) >= 11 is 11.7. The fourth-order valence-electron chi connectivity index (χ4n) is 1.19. The summed E-state index contributed by atoms with van der Waals surface area (Å²) in [5.41, 5.74) is 0. The molecule has 0 aliphatic carbocycles. The number of sulfonamides is 1. The van der Waals surface area contributed by atoms with Gasteiger partial charge < -0.3 is 9.47 Å². The predicted octanol–water partition coefficient (Wildman–Crippen LogP) is 2.06. The van der Waals surface area contributed by atoms with E-state index in [0.717, 1.165) is 6.07 Å². The van der Waals surface area contributed by atoms with Crippen molar-refractivity contribution in [2.45, 2.75) is 11.8 Å². The second-order valence-corrected chi connectivity index (χ2v) is 5.65. The lowest BCUT2D eigenvalue weighted by Gasteiger charge is -2.10. The minimum atomic E-state index is -3.90. The number of benzene rings is 1. The second kappa shape index (κ2) is 6.58. The van der Waals surface area contributed by atoms with E-state index in [-0.39, 0.29) is 20.7 Å². The highest BCUT2D eigenvalue weighted by atomic mass is 35.5. The first-order valence-corrected chi connectivity index (χ1v) is 7.39. The molecule has 0 saturated carbocycles. The molecule has 1 aromatic rings. The second-order valence-electron chi connectivity index (χ2n) is 3.30. The SMILES string of the molecule is CCOCCOc1cc(Cl)c(S(N)(=O)=O)cc1Cl. The van der Waals surface area contributed by atoms with Gasteiger partial charge in [-0.05, 0) is 13.0 Å². The molecule has 1 rings (SSSR count). The molecule has 102 valence electrons. The Morgan fingerprint density at radius 1 is 1.22 bits per heavy atom. The summed E-state index contributed by atoms with van der Waals surface area (Å²) in [6.07, 6.45) is 0. The summed E-state index contributed by atoms with van der Waals surface area (Å²) in [6, 6.07) is 2.48. The van der Waals surface area contributed by atoms with Crippen molar-refractivity contribution in [2.24, 2.45) is 5.14 Å². The van der Waals surface area contributed by atoms with Crippen molar-refractivity contribution in [2.75, 3.05) is 19.8 Å². The van der Waals surface area contributed by atoms with Crippen LogP contribution < -0.4 is 9.88 Å². The van der Waals surface area contributed by atoms with Gasteiger partial charge >= 0.3 is 0 Å². The molecular weight excluding hydrogens is 301 g/mol. The first kappa shape index (κ1) is 15.5. The highest BCUT2D eigenvalue weighted by molar-refractivity contribution is 7.89. The van der Waals surface area contributed by atoms with Gasteiger partial charge in [-0.15, -0.1) is 0 Å². The number of halogens is 2. The number of primary sulfonamides is 1. The van der Waals surface area contributed by atoms with Crippen LogP contribution in [-0.4, -0.2) is 28.2 Å². The molecule has 0 heterocycles. The fraction of sp³-hybridized carbons (Fsp3) is 0.400. The van der Waals surface area contributed by atoms with Crippen molar-refractivity contribution in [1.82, 2.24) is 0 Å². The summed E-state index contributed by atoms with van der Waals surface area (Å²) in [5, 5.41) is 5.08. The maximum absolute atomic E-state index is 11.2. The molecule has 0 unspecified atom stereocenters. The van der Waals surface area contributed by atoms with E-state index in [1.807, 2.05) is 6.92 Å². The molecule has 0 aromatic heterocycles. The number of hydrogen-bond acceptors (Lipinski definition) is 4. The third-order valence-corrected chi connectivity index (χ3v) is 3.65. The van der Waals surface area contributed by atoms with Crippen LogP contribution in [0, 0.1) is 0 Å². The highest BCUT2D eigenvalue weighted by Gasteiger charge is 2.16. The number of rotatable bonds is 6. The molecule has 18 heavy (non-hydrogen) atoms. The average Bonchev–Trinajstić information content (AvgIpc) is 2.27. The Kier molecular flexibility index (Phi) is 5.68. The summed E-state index contributed by atoms with van der Waals surface area (Å²) < 4.78 is 32.8. The van der Waals surface area contributed by atoms with Gasteiger partial charge in [-0.3, -0.25) is 0 Å². The monoisotopic (exact) mass is 313 g/mol. The Balaban J connectivity index is 2.87. The number of ether oxygens (including phenoxy) is 2. The Bertz CT molecular complexity index is 519. The van der Waals surface area contributed by atoms with Gasteiger partial charge in [0.25, 0.3) is 0 Å². The molecule has 1 aromatic carbocycles. The van der Waals surface area contributed by atoms with Crippen LogP contribution in [0.2, 0.25) is 10.0 Å². The van der Waals surface area contributed by atoms with E-state index in [2.05, 4.69) is 0 Å². The minimum absolute atomic E-state index is 0.0340. The normalized spacial score (nSPS) is 11.6. The lowest BCUT2D eigenvalue weighted by Crippen LogP contribution is -2.13. The molecule has 5 nitrogen and oxygen atoms in total. The Hall–Kier alpha value is -0.530. The van der Waals surface area contributed by atoms with Gasteiger partial charge in [0.1, 0.15) is 17.3 Å². The average molecular weight is 314 g/mol. The van der Waals surface area contributed by atoms with Crippen molar-refractivity contribution in [3.63, 3.8) is 0 Å². The highest BCUT2D eigenvalue weighted by Crippen LogP contribution is 2.32. The van der Waals surface area contributed by atoms with Gasteiger partial charge in [-0.1, -0.05) is 23.2 Å². The smallest absolute Gasteiger partial charge is 0.239 e. The maximum atomic E-state index is 11.2. The van der Waals surface area contributed by atoms with Crippen molar-refractivity contribution in [1.29, 1.82) is 0 Å². The van der Waals surface area contributed by atoms with Crippen LogP contribution >= 0.6 is 23.2 Å². The van der Waals surface area contributed by atoms with E-state index < -0.39 is 10.0 Å². The molecular formula is C10H13Cl2NO4S. The largest absolute Gasteiger partial charge is 0.490 e. The third-order valence-electron chi connectivity index (χ3n) is 1.98. The van der Waals surface area contributed by atoms with Crippen LogP contribution in [0.4, 0.5) is 0 Å². The molecule has 0 bridgehead atoms. The van der Waals surface area contributed by atoms with Crippen LogP contribution in [0.15, 0.2) is 17.0 Å². The van der Waals surface area contributed by atoms with Crippen LogP contribution in [0.1, 0.15) is 6.92 Å². The van der Waals surface area contributed by atoms with Crippen LogP contribution in [-0.2, 0) is 14.8 Å².